The van der Waals surface area contributed by atoms with Crippen molar-refractivity contribution in [3.8, 4) is 0 Å². The summed E-state index contributed by atoms with van der Waals surface area (Å²) in [5, 5.41) is 10.8. The fourth-order valence-electron chi connectivity index (χ4n) is 2.16. The second kappa shape index (κ2) is 6.74. The number of nitro benzene ring substituents is 1. The molecule has 0 atom stereocenters. The molecule has 0 saturated carbocycles. The van der Waals surface area contributed by atoms with E-state index in [0.717, 1.165) is 36.5 Å². The number of nitrogens with two attached hydrogens (primary N) is 1. The summed E-state index contributed by atoms with van der Waals surface area (Å²) >= 11 is 1.96. The van der Waals surface area contributed by atoms with Gasteiger partial charge in [0.1, 0.15) is 0 Å². The molecule has 104 valence electrons. The lowest BCUT2D eigenvalue weighted by Gasteiger charge is -2.20. The smallest absolute Gasteiger partial charge is 0.269 e. The number of benzene rings is 1. The van der Waals surface area contributed by atoms with Gasteiger partial charge >= 0.3 is 0 Å². The van der Waals surface area contributed by atoms with Gasteiger partial charge in [-0.25, -0.2) is 0 Å². The second-order valence-electron chi connectivity index (χ2n) is 4.48. The van der Waals surface area contributed by atoms with E-state index in [-0.39, 0.29) is 10.6 Å². The van der Waals surface area contributed by atoms with E-state index >= 15 is 0 Å². The number of nitrogens with one attached hydrogen (secondary N) is 1. The third-order valence-electron chi connectivity index (χ3n) is 3.16. The van der Waals surface area contributed by atoms with Crippen LogP contribution in [0.4, 0.5) is 11.4 Å². The highest BCUT2D eigenvalue weighted by molar-refractivity contribution is 7.99. The molecule has 7 heteroatoms. The van der Waals surface area contributed by atoms with Crippen LogP contribution >= 0.6 is 11.8 Å². The molecule has 0 radical (unpaired) electrons. The number of anilines is 1. The minimum absolute atomic E-state index is 0.109. The molecule has 0 spiro atoms. The standard InChI is InChI=1S/C12H18N4O2S/c13-14-12-3-2-11(16(17)18)8-10(12)9-15-4-1-6-19-7-5-15/h2-3,8,14H,1,4-7,9,13H2. The van der Waals surface area contributed by atoms with E-state index in [1.807, 2.05) is 11.8 Å². The van der Waals surface area contributed by atoms with Gasteiger partial charge in [-0.15, -0.1) is 0 Å². The fourth-order valence-corrected chi connectivity index (χ4v) is 3.09. The number of nitrogen functional groups attached to an aromatic ring is 1. The first-order valence-electron chi connectivity index (χ1n) is 6.25. The number of hydrazine groups is 1. The molecule has 1 aliphatic rings. The summed E-state index contributed by atoms with van der Waals surface area (Å²) in [6, 6.07) is 4.74. The minimum Gasteiger partial charge on any atom is -0.324 e. The number of rotatable bonds is 4. The highest BCUT2D eigenvalue weighted by Gasteiger charge is 2.15. The topological polar surface area (TPSA) is 84.4 Å². The zero-order chi connectivity index (χ0) is 13.7. The van der Waals surface area contributed by atoms with Crippen LogP contribution in [0.5, 0.6) is 0 Å². The molecule has 0 aromatic heterocycles. The Hall–Kier alpha value is -1.31. The zero-order valence-corrected chi connectivity index (χ0v) is 11.5. The maximum atomic E-state index is 10.8. The normalized spacial score (nSPS) is 16.9. The first-order valence-corrected chi connectivity index (χ1v) is 7.40. The maximum Gasteiger partial charge on any atom is 0.269 e. The highest BCUT2D eigenvalue weighted by atomic mass is 32.2. The number of nitro groups is 1. The molecule has 1 fully saturated rings. The van der Waals surface area contributed by atoms with Gasteiger partial charge in [-0.1, -0.05) is 0 Å². The van der Waals surface area contributed by atoms with Crippen molar-refractivity contribution in [3.63, 3.8) is 0 Å². The van der Waals surface area contributed by atoms with Gasteiger partial charge in [0, 0.05) is 31.0 Å². The average molecular weight is 282 g/mol. The lowest BCUT2D eigenvalue weighted by Crippen LogP contribution is -2.26. The summed E-state index contributed by atoms with van der Waals surface area (Å²) in [5.74, 6) is 7.77. The summed E-state index contributed by atoms with van der Waals surface area (Å²) in [5.41, 5.74) is 4.35. The van der Waals surface area contributed by atoms with E-state index in [9.17, 15) is 10.1 Å². The number of non-ortho nitro benzene ring substituents is 1. The van der Waals surface area contributed by atoms with Gasteiger partial charge in [0.25, 0.3) is 5.69 Å². The Bertz CT molecular complexity index is 447. The molecule has 1 saturated heterocycles. The molecule has 0 unspecified atom stereocenters. The number of hydrogen-bond donors (Lipinski definition) is 2. The number of hydrogen-bond acceptors (Lipinski definition) is 6. The molecule has 2 rings (SSSR count). The van der Waals surface area contributed by atoms with Crippen LogP contribution in [0.2, 0.25) is 0 Å². The molecule has 1 aliphatic heterocycles. The molecule has 6 nitrogen and oxygen atoms in total. The van der Waals surface area contributed by atoms with Crippen LogP contribution in [-0.4, -0.2) is 34.4 Å². The molecule has 3 N–H and O–H groups in total. The summed E-state index contributed by atoms with van der Waals surface area (Å²) in [6.45, 7) is 2.73. The van der Waals surface area contributed by atoms with Crippen molar-refractivity contribution in [2.75, 3.05) is 30.0 Å². The van der Waals surface area contributed by atoms with Crippen LogP contribution in [0.1, 0.15) is 12.0 Å². The van der Waals surface area contributed by atoms with Gasteiger partial charge in [0.05, 0.1) is 10.6 Å². The van der Waals surface area contributed by atoms with Crippen molar-refractivity contribution in [1.29, 1.82) is 0 Å². The summed E-state index contributed by atoms with van der Waals surface area (Å²) < 4.78 is 0. The predicted molar refractivity (Wildman–Crippen MR) is 78.1 cm³/mol. The largest absolute Gasteiger partial charge is 0.324 e. The Morgan fingerprint density at radius 1 is 1.42 bits per heavy atom. The Morgan fingerprint density at radius 3 is 3.00 bits per heavy atom. The quantitative estimate of drug-likeness (QED) is 0.498. The third kappa shape index (κ3) is 3.82. The van der Waals surface area contributed by atoms with Crippen LogP contribution < -0.4 is 11.3 Å². The van der Waals surface area contributed by atoms with Gasteiger partial charge in [-0.2, -0.15) is 11.8 Å². The number of nitrogens with zero attached hydrogens (tertiary/aromatic N) is 2. The first-order chi connectivity index (χ1) is 9.20. The van der Waals surface area contributed by atoms with E-state index in [1.165, 1.54) is 11.8 Å². The predicted octanol–water partition coefficient (Wildman–Crippen LogP) is 1.82. The Kier molecular flexibility index (Phi) is 5.00. The molecule has 1 aromatic rings. The molecule has 1 aromatic carbocycles. The second-order valence-corrected chi connectivity index (χ2v) is 5.71. The van der Waals surface area contributed by atoms with Crippen LogP contribution in [0.25, 0.3) is 0 Å². The van der Waals surface area contributed by atoms with Crippen molar-refractivity contribution in [1.82, 2.24) is 4.90 Å². The van der Waals surface area contributed by atoms with E-state index in [1.54, 1.807) is 12.1 Å². The van der Waals surface area contributed by atoms with Gasteiger partial charge < -0.3 is 5.43 Å². The number of thioether (sulfide) groups is 1. The summed E-state index contributed by atoms with van der Waals surface area (Å²) in [7, 11) is 0. The molecule has 0 aliphatic carbocycles. The molecule has 19 heavy (non-hydrogen) atoms. The van der Waals surface area contributed by atoms with E-state index < -0.39 is 0 Å². The average Bonchev–Trinajstić information content (AvgIpc) is 2.67. The SMILES string of the molecule is NNc1ccc([N+](=O)[O-])cc1CN1CCCSCC1. The maximum absolute atomic E-state index is 10.8. The molecular formula is C12H18N4O2S. The van der Waals surface area contributed by atoms with Crippen LogP contribution in [-0.2, 0) is 6.54 Å². The van der Waals surface area contributed by atoms with Crippen LogP contribution in [0.3, 0.4) is 0 Å². The lowest BCUT2D eigenvalue weighted by molar-refractivity contribution is -0.384. The van der Waals surface area contributed by atoms with Crippen molar-refractivity contribution >= 4 is 23.1 Å². The zero-order valence-electron chi connectivity index (χ0n) is 10.7. The first kappa shape index (κ1) is 14.1. The van der Waals surface area contributed by atoms with Gasteiger partial charge in [0.15, 0.2) is 0 Å². The van der Waals surface area contributed by atoms with Gasteiger partial charge in [0.2, 0.25) is 0 Å². The highest BCUT2D eigenvalue weighted by Crippen LogP contribution is 2.23. The van der Waals surface area contributed by atoms with Crippen molar-refractivity contribution in [2.24, 2.45) is 5.84 Å². The van der Waals surface area contributed by atoms with Crippen molar-refractivity contribution in [2.45, 2.75) is 13.0 Å². The van der Waals surface area contributed by atoms with Gasteiger partial charge in [-0.3, -0.25) is 20.9 Å². The van der Waals surface area contributed by atoms with E-state index in [0.29, 0.717) is 6.54 Å². The Labute approximate surface area is 116 Å². The van der Waals surface area contributed by atoms with Crippen molar-refractivity contribution in [3.05, 3.63) is 33.9 Å². The molecular weight excluding hydrogens is 264 g/mol. The van der Waals surface area contributed by atoms with E-state index in [4.69, 9.17) is 5.84 Å². The Balaban J connectivity index is 2.16. The monoisotopic (exact) mass is 282 g/mol. The Morgan fingerprint density at radius 2 is 2.26 bits per heavy atom. The summed E-state index contributed by atoms with van der Waals surface area (Å²) in [6.07, 6.45) is 1.16. The molecule has 1 heterocycles. The van der Waals surface area contributed by atoms with Crippen LogP contribution in [0, 0.1) is 10.1 Å². The van der Waals surface area contributed by atoms with Crippen molar-refractivity contribution < 1.29 is 4.92 Å². The lowest BCUT2D eigenvalue weighted by atomic mass is 10.1. The van der Waals surface area contributed by atoms with Gasteiger partial charge in [-0.05, 0) is 30.3 Å². The summed E-state index contributed by atoms with van der Waals surface area (Å²) in [4.78, 5) is 12.8. The third-order valence-corrected chi connectivity index (χ3v) is 4.21. The van der Waals surface area contributed by atoms with Crippen LogP contribution in [0.15, 0.2) is 18.2 Å². The van der Waals surface area contributed by atoms with E-state index in [2.05, 4.69) is 10.3 Å². The molecule has 0 amide bonds. The molecule has 0 bridgehead atoms. The minimum atomic E-state index is -0.373. The fraction of sp³-hybridized carbons (Fsp3) is 0.500.